The summed E-state index contributed by atoms with van der Waals surface area (Å²) in [6.45, 7) is 1.02. The summed E-state index contributed by atoms with van der Waals surface area (Å²) in [5, 5.41) is 16.4. The molecule has 39 heavy (non-hydrogen) atoms. The van der Waals surface area contributed by atoms with E-state index in [1.807, 2.05) is 48.5 Å². The van der Waals surface area contributed by atoms with Crippen LogP contribution < -0.4 is 25.8 Å². The number of carbonyl (C=O) groups is 1. The number of aromatic nitrogens is 4. The second-order valence-corrected chi connectivity index (χ2v) is 9.11. The summed E-state index contributed by atoms with van der Waals surface area (Å²) in [6, 6.07) is 14.9. The third-order valence-electron chi connectivity index (χ3n) is 6.63. The van der Waals surface area contributed by atoms with Gasteiger partial charge in [0.1, 0.15) is 19.0 Å². The molecule has 1 aliphatic rings. The Labute approximate surface area is 225 Å². The van der Waals surface area contributed by atoms with E-state index in [2.05, 4.69) is 25.6 Å². The Hall–Kier alpha value is -4.26. The number of nitrogens with zero attached hydrogens (tertiary/aromatic N) is 4. The minimum atomic E-state index is -1.12. The lowest BCUT2D eigenvalue weighted by molar-refractivity contribution is -0.134. The van der Waals surface area contributed by atoms with Crippen LogP contribution in [-0.2, 0) is 22.6 Å². The van der Waals surface area contributed by atoms with Crippen molar-refractivity contribution in [1.82, 2.24) is 24.8 Å². The highest BCUT2D eigenvalue weighted by Gasteiger charge is 2.46. The van der Waals surface area contributed by atoms with Gasteiger partial charge in [-0.05, 0) is 29.7 Å². The van der Waals surface area contributed by atoms with Crippen LogP contribution in [0.15, 0.2) is 61.2 Å². The fraction of sp³-hybridized carbons (Fsp3) is 0.333. The van der Waals surface area contributed by atoms with Crippen molar-refractivity contribution in [3.63, 3.8) is 0 Å². The van der Waals surface area contributed by atoms with Gasteiger partial charge in [0.25, 0.3) is 5.91 Å². The molecular weight excluding hydrogens is 502 g/mol. The molecule has 204 valence electrons. The van der Waals surface area contributed by atoms with E-state index in [1.54, 1.807) is 11.7 Å². The van der Waals surface area contributed by atoms with Crippen LogP contribution >= 0.6 is 0 Å². The summed E-state index contributed by atoms with van der Waals surface area (Å²) in [7, 11) is 3.11. The van der Waals surface area contributed by atoms with Crippen molar-refractivity contribution >= 4 is 22.9 Å². The second kappa shape index (κ2) is 11.6. The SMILES string of the molecule is CNC(=O)C1OC(n2cnc3c(NCCc4ccc(OCc5ccccc5)c(OC)c4)ncnc32)C(O)C1N. The molecule has 4 unspecified atom stereocenters. The zero-order valence-electron chi connectivity index (χ0n) is 21.7. The van der Waals surface area contributed by atoms with Gasteiger partial charge in [-0.25, -0.2) is 15.0 Å². The maximum atomic E-state index is 12.1. The monoisotopic (exact) mass is 533 g/mol. The van der Waals surface area contributed by atoms with Gasteiger partial charge in [0.15, 0.2) is 40.8 Å². The quantitative estimate of drug-likeness (QED) is 0.235. The molecular formula is C27H31N7O5. The topological polar surface area (TPSA) is 159 Å². The maximum absolute atomic E-state index is 12.1. The van der Waals surface area contributed by atoms with Crippen molar-refractivity contribution in [3.8, 4) is 11.5 Å². The number of anilines is 1. The number of fused-ring (bicyclic) bond motifs is 1. The molecule has 12 heteroatoms. The van der Waals surface area contributed by atoms with E-state index in [0.29, 0.717) is 48.1 Å². The molecule has 3 heterocycles. The molecule has 1 fully saturated rings. The van der Waals surface area contributed by atoms with Gasteiger partial charge in [0.05, 0.1) is 19.5 Å². The first-order chi connectivity index (χ1) is 19.0. The van der Waals surface area contributed by atoms with E-state index in [9.17, 15) is 9.90 Å². The average molecular weight is 534 g/mol. The van der Waals surface area contributed by atoms with Crippen LogP contribution in [0, 0.1) is 0 Å². The zero-order chi connectivity index (χ0) is 27.4. The Bertz CT molecular complexity index is 1430. The Morgan fingerprint density at radius 1 is 1.13 bits per heavy atom. The van der Waals surface area contributed by atoms with E-state index in [0.717, 1.165) is 11.1 Å². The number of rotatable bonds is 10. The Morgan fingerprint density at radius 2 is 1.95 bits per heavy atom. The molecule has 0 radical (unpaired) electrons. The number of aliphatic hydroxyl groups excluding tert-OH is 1. The molecule has 0 bridgehead atoms. The first kappa shape index (κ1) is 26.4. The number of hydrogen-bond acceptors (Lipinski definition) is 10. The standard InChI is InChI=1S/C27H31N7O5/c1-29-26(36)23-20(28)22(35)27(39-23)34-15-33-21-24(31-14-32-25(21)34)30-11-10-16-8-9-18(19(12-16)37-2)38-13-17-6-4-3-5-7-17/h3-9,12,14-15,20,22-23,27,35H,10-11,13,28H2,1-2H3,(H,29,36)(H,30,31,32). The Kier molecular flexibility index (Phi) is 7.87. The summed E-state index contributed by atoms with van der Waals surface area (Å²) >= 11 is 0. The molecule has 0 aliphatic carbocycles. The Morgan fingerprint density at radius 3 is 2.72 bits per heavy atom. The second-order valence-electron chi connectivity index (χ2n) is 9.11. The van der Waals surface area contributed by atoms with Crippen molar-refractivity contribution in [2.24, 2.45) is 5.73 Å². The highest BCUT2D eigenvalue weighted by Crippen LogP contribution is 2.32. The third-order valence-corrected chi connectivity index (χ3v) is 6.63. The minimum Gasteiger partial charge on any atom is -0.493 e. The Balaban J connectivity index is 1.24. The van der Waals surface area contributed by atoms with Crippen LogP contribution in [-0.4, -0.2) is 69.5 Å². The summed E-state index contributed by atoms with van der Waals surface area (Å²) < 4.78 is 18.8. The van der Waals surface area contributed by atoms with Crippen LogP contribution in [0.2, 0.25) is 0 Å². The third kappa shape index (κ3) is 5.48. The van der Waals surface area contributed by atoms with Crippen LogP contribution in [0.3, 0.4) is 0 Å². The van der Waals surface area contributed by atoms with Gasteiger partial charge in [-0.1, -0.05) is 36.4 Å². The number of methoxy groups -OCH3 is 1. The fourth-order valence-corrected chi connectivity index (χ4v) is 4.51. The number of nitrogens with one attached hydrogen (secondary N) is 2. The van der Waals surface area contributed by atoms with Crippen LogP contribution in [0.4, 0.5) is 5.82 Å². The average Bonchev–Trinajstić information content (AvgIpc) is 3.53. The van der Waals surface area contributed by atoms with Crippen molar-refractivity contribution < 1.29 is 24.1 Å². The van der Waals surface area contributed by atoms with Gasteiger partial charge >= 0.3 is 0 Å². The van der Waals surface area contributed by atoms with Gasteiger partial charge < -0.3 is 35.7 Å². The first-order valence-corrected chi connectivity index (χ1v) is 12.6. The normalized spacial score (nSPS) is 20.6. The number of hydrogen-bond donors (Lipinski definition) is 4. The van der Waals surface area contributed by atoms with Crippen molar-refractivity contribution in [2.45, 2.75) is 37.5 Å². The highest BCUT2D eigenvalue weighted by molar-refractivity contribution is 5.83. The first-order valence-electron chi connectivity index (χ1n) is 12.6. The zero-order valence-corrected chi connectivity index (χ0v) is 21.7. The van der Waals surface area contributed by atoms with E-state index < -0.39 is 30.4 Å². The smallest absolute Gasteiger partial charge is 0.250 e. The number of ether oxygens (including phenoxy) is 3. The molecule has 1 saturated heterocycles. The largest absolute Gasteiger partial charge is 0.493 e. The molecule has 5 rings (SSSR count). The van der Waals surface area contributed by atoms with Crippen molar-refractivity contribution in [1.29, 1.82) is 0 Å². The lowest BCUT2D eigenvalue weighted by atomic mass is 10.1. The lowest BCUT2D eigenvalue weighted by Gasteiger charge is -2.16. The van der Waals surface area contributed by atoms with E-state index in [4.69, 9.17) is 19.9 Å². The lowest BCUT2D eigenvalue weighted by Crippen LogP contribution is -2.46. The molecule has 1 amide bonds. The van der Waals surface area contributed by atoms with E-state index in [-0.39, 0.29) is 0 Å². The van der Waals surface area contributed by atoms with Gasteiger partial charge in [-0.15, -0.1) is 0 Å². The van der Waals surface area contributed by atoms with Crippen LogP contribution in [0.5, 0.6) is 11.5 Å². The molecule has 1 aliphatic heterocycles. The van der Waals surface area contributed by atoms with Crippen molar-refractivity contribution in [2.75, 3.05) is 26.0 Å². The molecule has 4 atom stereocenters. The van der Waals surface area contributed by atoms with Gasteiger partial charge in [0, 0.05) is 13.6 Å². The van der Waals surface area contributed by atoms with E-state index in [1.165, 1.54) is 19.7 Å². The molecule has 2 aromatic heterocycles. The number of amides is 1. The van der Waals surface area contributed by atoms with Gasteiger partial charge in [0.2, 0.25) is 0 Å². The maximum Gasteiger partial charge on any atom is 0.250 e. The van der Waals surface area contributed by atoms with E-state index >= 15 is 0 Å². The number of imidazole rings is 1. The molecule has 12 nitrogen and oxygen atoms in total. The number of carbonyl (C=O) groups excluding carboxylic acids is 1. The summed E-state index contributed by atoms with van der Waals surface area (Å²) in [5.41, 5.74) is 9.12. The summed E-state index contributed by atoms with van der Waals surface area (Å²) in [5.74, 6) is 1.47. The minimum absolute atomic E-state index is 0.405. The summed E-state index contributed by atoms with van der Waals surface area (Å²) in [6.07, 6.45) is 0.572. The number of likely N-dealkylation sites (N-methyl/N-ethyl adjacent to an activating group) is 1. The summed E-state index contributed by atoms with van der Waals surface area (Å²) in [4.78, 5) is 25.2. The molecule has 4 aromatic rings. The predicted molar refractivity (Wildman–Crippen MR) is 143 cm³/mol. The number of aliphatic hydroxyl groups is 1. The number of benzene rings is 2. The number of nitrogens with two attached hydrogens (primary N) is 1. The molecule has 2 aromatic carbocycles. The predicted octanol–water partition coefficient (Wildman–Crippen LogP) is 1.40. The highest BCUT2D eigenvalue weighted by atomic mass is 16.5. The van der Waals surface area contributed by atoms with Crippen molar-refractivity contribution in [3.05, 3.63) is 72.3 Å². The van der Waals surface area contributed by atoms with Crippen LogP contribution in [0.1, 0.15) is 17.4 Å². The molecule has 0 saturated carbocycles. The fourth-order valence-electron chi connectivity index (χ4n) is 4.51. The van der Waals surface area contributed by atoms with Crippen LogP contribution in [0.25, 0.3) is 11.2 Å². The molecule has 5 N–H and O–H groups in total. The van der Waals surface area contributed by atoms with Gasteiger partial charge in [-0.2, -0.15) is 0 Å². The molecule has 0 spiro atoms. The van der Waals surface area contributed by atoms with Gasteiger partial charge in [-0.3, -0.25) is 9.36 Å².